The van der Waals surface area contributed by atoms with E-state index in [-0.39, 0.29) is 12.1 Å². The minimum Gasteiger partial charge on any atom is -0.384 e. The van der Waals surface area contributed by atoms with Gasteiger partial charge in [0.2, 0.25) is 0 Å². The van der Waals surface area contributed by atoms with Crippen molar-refractivity contribution in [1.82, 2.24) is 0 Å². The summed E-state index contributed by atoms with van der Waals surface area (Å²) in [5.41, 5.74) is 4.29. The Hall–Kier alpha value is -1.00. The molecule has 15 heavy (non-hydrogen) atoms. The molecule has 1 aromatic carbocycles. The van der Waals surface area contributed by atoms with E-state index in [9.17, 15) is 13.9 Å². The first-order chi connectivity index (χ1) is 7.01. The van der Waals surface area contributed by atoms with Crippen molar-refractivity contribution in [2.45, 2.75) is 25.4 Å². The lowest BCUT2D eigenvalue weighted by Gasteiger charge is -2.26. The Morgan fingerprint density at radius 2 is 1.80 bits per heavy atom. The minimum atomic E-state index is -1.34. The molecule has 0 aromatic heterocycles. The number of nitrogens with two attached hydrogens (primary N) is 1. The van der Waals surface area contributed by atoms with Gasteiger partial charge in [0.05, 0.1) is 0 Å². The number of hydrogen-bond acceptors (Lipinski definition) is 2. The minimum absolute atomic E-state index is 0.0519. The van der Waals surface area contributed by atoms with Crippen molar-refractivity contribution in [2.24, 2.45) is 5.73 Å². The van der Waals surface area contributed by atoms with Crippen LogP contribution in [0.2, 0.25) is 0 Å². The molecule has 2 nitrogen and oxygen atoms in total. The van der Waals surface area contributed by atoms with Crippen LogP contribution in [-0.2, 0) is 5.60 Å². The summed E-state index contributed by atoms with van der Waals surface area (Å²) in [7, 11) is 0. The van der Waals surface area contributed by atoms with E-state index < -0.39 is 17.2 Å². The SMILES string of the molecule is CCCC(O)(CN)c1cc(F)cc(F)c1. The molecule has 4 heteroatoms. The van der Waals surface area contributed by atoms with E-state index in [4.69, 9.17) is 5.73 Å². The Kier molecular flexibility index (Phi) is 3.77. The van der Waals surface area contributed by atoms with Gasteiger partial charge < -0.3 is 10.8 Å². The van der Waals surface area contributed by atoms with Gasteiger partial charge in [-0.3, -0.25) is 0 Å². The van der Waals surface area contributed by atoms with Crippen LogP contribution in [0.4, 0.5) is 8.78 Å². The van der Waals surface area contributed by atoms with E-state index in [1.165, 1.54) is 0 Å². The second-order valence-corrected chi connectivity index (χ2v) is 3.64. The summed E-state index contributed by atoms with van der Waals surface area (Å²) >= 11 is 0. The molecule has 0 aliphatic carbocycles. The lowest BCUT2D eigenvalue weighted by atomic mass is 9.89. The largest absolute Gasteiger partial charge is 0.384 e. The standard InChI is InChI=1S/C11H15F2NO/c1-2-3-11(15,7-14)8-4-9(12)6-10(13)5-8/h4-6,15H,2-3,7,14H2,1H3. The van der Waals surface area contributed by atoms with Crippen molar-refractivity contribution in [3.63, 3.8) is 0 Å². The summed E-state index contributed by atoms with van der Waals surface area (Å²) in [6.07, 6.45) is 1.07. The number of aliphatic hydroxyl groups is 1. The predicted molar refractivity (Wildman–Crippen MR) is 54.2 cm³/mol. The molecule has 1 unspecified atom stereocenters. The van der Waals surface area contributed by atoms with Crippen molar-refractivity contribution in [1.29, 1.82) is 0 Å². The second-order valence-electron chi connectivity index (χ2n) is 3.64. The van der Waals surface area contributed by atoms with E-state index in [0.29, 0.717) is 12.8 Å². The molecule has 0 fully saturated rings. The van der Waals surface area contributed by atoms with E-state index in [1.807, 2.05) is 6.92 Å². The van der Waals surface area contributed by atoms with E-state index in [2.05, 4.69) is 0 Å². The number of hydrogen-bond donors (Lipinski definition) is 2. The molecule has 0 bridgehead atoms. The van der Waals surface area contributed by atoms with Gasteiger partial charge in [-0.05, 0) is 24.1 Å². The van der Waals surface area contributed by atoms with Crippen LogP contribution in [-0.4, -0.2) is 11.7 Å². The average Bonchev–Trinajstić information content (AvgIpc) is 2.16. The average molecular weight is 215 g/mol. The zero-order chi connectivity index (χ0) is 11.5. The van der Waals surface area contributed by atoms with Crippen molar-refractivity contribution in [2.75, 3.05) is 6.54 Å². The fourth-order valence-corrected chi connectivity index (χ4v) is 1.60. The summed E-state index contributed by atoms with van der Waals surface area (Å²) in [6, 6.07) is 3.00. The molecule has 84 valence electrons. The van der Waals surface area contributed by atoms with Crippen LogP contribution in [0.5, 0.6) is 0 Å². The van der Waals surface area contributed by atoms with Crippen molar-refractivity contribution in [3.05, 3.63) is 35.4 Å². The van der Waals surface area contributed by atoms with Crippen LogP contribution in [0.15, 0.2) is 18.2 Å². The highest BCUT2D eigenvalue weighted by Gasteiger charge is 2.27. The maximum Gasteiger partial charge on any atom is 0.126 e. The molecule has 3 N–H and O–H groups in total. The third-order valence-electron chi connectivity index (χ3n) is 2.40. The lowest BCUT2D eigenvalue weighted by molar-refractivity contribution is 0.0353. The predicted octanol–water partition coefficient (Wildman–Crippen LogP) is 1.91. The molecule has 0 heterocycles. The highest BCUT2D eigenvalue weighted by molar-refractivity contribution is 5.24. The Morgan fingerprint density at radius 3 is 2.20 bits per heavy atom. The van der Waals surface area contributed by atoms with Gasteiger partial charge >= 0.3 is 0 Å². The van der Waals surface area contributed by atoms with Crippen molar-refractivity contribution < 1.29 is 13.9 Å². The maximum atomic E-state index is 12.9. The zero-order valence-corrected chi connectivity index (χ0v) is 8.63. The Labute approximate surface area is 87.7 Å². The summed E-state index contributed by atoms with van der Waals surface area (Å²) in [4.78, 5) is 0. The van der Waals surface area contributed by atoms with Crippen LogP contribution in [0.25, 0.3) is 0 Å². The summed E-state index contributed by atoms with van der Waals surface area (Å²) < 4.78 is 25.9. The molecule has 0 aliphatic rings. The fraction of sp³-hybridized carbons (Fsp3) is 0.455. The number of benzene rings is 1. The second kappa shape index (κ2) is 4.68. The molecular formula is C11H15F2NO. The summed E-state index contributed by atoms with van der Waals surface area (Å²) in [6.45, 7) is 1.82. The van der Waals surface area contributed by atoms with Gasteiger partial charge in [-0.15, -0.1) is 0 Å². The molecule has 0 spiro atoms. The molecule has 0 amide bonds. The highest BCUT2D eigenvalue weighted by atomic mass is 19.1. The quantitative estimate of drug-likeness (QED) is 0.806. The van der Waals surface area contributed by atoms with E-state index in [0.717, 1.165) is 18.2 Å². The third-order valence-corrected chi connectivity index (χ3v) is 2.40. The zero-order valence-electron chi connectivity index (χ0n) is 8.63. The molecule has 1 atom stereocenters. The first kappa shape index (κ1) is 12.1. The van der Waals surface area contributed by atoms with Crippen LogP contribution >= 0.6 is 0 Å². The topological polar surface area (TPSA) is 46.2 Å². The first-order valence-electron chi connectivity index (χ1n) is 4.91. The molecular weight excluding hydrogens is 200 g/mol. The van der Waals surface area contributed by atoms with Gasteiger partial charge in [0.15, 0.2) is 0 Å². The molecule has 0 aliphatic heterocycles. The van der Waals surface area contributed by atoms with E-state index in [1.54, 1.807) is 0 Å². The van der Waals surface area contributed by atoms with Gasteiger partial charge in [-0.25, -0.2) is 8.78 Å². The molecule has 0 saturated carbocycles. The van der Waals surface area contributed by atoms with Crippen LogP contribution < -0.4 is 5.73 Å². The first-order valence-corrected chi connectivity index (χ1v) is 4.91. The van der Waals surface area contributed by atoms with Gasteiger partial charge in [-0.2, -0.15) is 0 Å². The molecule has 1 aromatic rings. The van der Waals surface area contributed by atoms with Gasteiger partial charge in [-0.1, -0.05) is 13.3 Å². The van der Waals surface area contributed by atoms with Crippen LogP contribution in [0, 0.1) is 11.6 Å². The number of rotatable bonds is 4. The van der Waals surface area contributed by atoms with Crippen LogP contribution in [0.3, 0.4) is 0 Å². The number of halogens is 2. The van der Waals surface area contributed by atoms with Gasteiger partial charge in [0, 0.05) is 12.6 Å². The molecule has 1 rings (SSSR count). The highest BCUT2D eigenvalue weighted by Crippen LogP contribution is 2.26. The normalized spacial score (nSPS) is 15.0. The lowest BCUT2D eigenvalue weighted by Crippen LogP contribution is -2.34. The maximum absolute atomic E-state index is 12.9. The Bertz CT molecular complexity index is 323. The summed E-state index contributed by atoms with van der Waals surface area (Å²) in [5.74, 6) is -1.40. The Morgan fingerprint density at radius 1 is 1.27 bits per heavy atom. The van der Waals surface area contributed by atoms with Crippen molar-refractivity contribution >= 4 is 0 Å². The third kappa shape index (κ3) is 2.73. The summed E-state index contributed by atoms with van der Waals surface area (Å²) in [5, 5.41) is 10.1. The Balaban J connectivity index is 3.11. The monoisotopic (exact) mass is 215 g/mol. The molecule has 0 saturated heterocycles. The molecule has 0 radical (unpaired) electrons. The van der Waals surface area contributed by atoms with Crippen LogP contribution in [0.1, 0.15) is 25.3 Å². The smallest absolute Gasteiger partial charge is 0.126 e. The van der Waals surface area contributed by atoms with E-state index >= 15 is 0 Å². The fourth-order valence-electron chi connectivity index (χ4n) is 1.60. The van der Waals surface area contributed by atoms with Gasteiger partial charge in [0.25, 0.3) is 0 Å². The van der Waals surface area contributed by atoms with Crippen molar-refractivity contribution in [3.8, 4) is 0 Å². The van der Waals surface area contributed by atoms with Gasteiger partial charge in [0.1, 0.15) is 17.2 Å².